The van der Waals surface area contributed by atoms with Crippen molar-refractivity contribution in [1.29, 1.82) is 0 Å². The van der Waals surface area contributed by atoms with Gasteiger partial charge in [-0.3, -0.25) is 0 Å². The lowest BCUT2D eigenvalue weighted by atomic mass is 10.2. The van der Waals surface area contributed by atoms with E-state index in [9.17, 15) is 4.39 Å². The molecular weight excluding hydrogens is 345 g/mol. The molecule has 0 unspecified atom stereocenters. The van der Waals surface area contributed by atoms with Gasteiger partial charge in [0.1, 0.15) is 22.6 Å². The van der Waals surface area contributed by atoms with Crippen LogP contribution in [-0.4, -0.2) is 9.97 Å². The molecule has 0 saturated heterocycles. The molecule has 0 aliphatic carbocycles. The van der Waals surface area contributed by atoms with Crippen LogP contribution in [0, 0.1) is 5.82 Å². The monoisotopic (exact) mass is 357 g/mol. The van der Waals surface area contributed by atoms with E-state index in [1.165, 1.54) is 12.1 Å². The second kappa shape index (κ2) is 6.50. The summed E-state index contributed by atoms with van der Waals surface area (Å²) in [4.78, 5) is 8.55. The highest BCUT2D eigenvalue weighted by molar-refractivity contribution is 9.10. The molecule has 106 valence electrons. The van der Waals surface area contributed by atoms with Gasteiger partial charge in [0.25, 0.3) is 0 Å². The van der Waals surface area contributed by atoms with E-state index >= 15 is 0 Å². The van der Waals surface area contributed by atoms with Crippen molar-refractivity contribution in [3.8, 4) is 0 Å². The van der Waals surface area contributed by atoms with E-state index in [1.54, 1.807) is 12.1 Å². The molecule has 2 aromatic rings. The predicted molar refractivity (Wildman–Crippen MR) is 82.6 cm³/mol. The minimum atomic E-state index is -0.270. The molecule has 2 rings (SSSR count). The van der Waals surface area contributed by atoms with Gasteiger partial charge in [0, 0.05) is 23.0 Å². The Morgan fingerprint density at radius 3 is 2.75 bits per heavy atom. The van der Waals surface area contributed by atoms with Gasteiger partial charge in [-0.1, -0.05) is 41.4 Å². The Morgan fingerprint density at radius 1 is 1.30 bits per heavy atom. The summed E-state index contributed by atoms with van der Waals surface area (Å²) in [7, 11) is 0. The molecule has 0 aliphatic heterocycles. The largest absolute Gasteiger partial charge is 0.366 e. The maximum absolute atomic E-state index is 13.2. The maximum Gasteiger partial charge on any atom is 0.135 e. The zero-order valence-corrected chi connectivity index (χ0v) is 13.5. The van der Waals surface area contributed by atoms with E-state index in [2.05, 4.69) is 31.2 Å². The summed E-state index contributed by atoms with van der Waals surface area (Å²) in [5.41, 5.74) is 0.811. The van der Waals surface area contributed by atoms with Gasteiger partial charge in [-0.15, -0.1) is 0 Å². The van der Waals surface area contributed by atoms with E-state index in [1.807, 2.05) is 13.8 Å². The van der Waals surface area contributed by atoms with Gasteiger partial charge >= 0.3 is 0 Å². The smallest absolute Gasteiger partial charge is 0.135 e. The molecule has 0 atom stereocenters. The van der Waals surface area contributed by atoms with Crippen LogP contribution in [-0.2, 0) is 6.54 Å². The van der Waals surface area contributed by atoms with Crippen LogP contribution in [0.5, 0.6) is 0 Å². The van der Waals surface area contributed by atoms with Gasteiger partial charge in [0.05, 0.1) is 0 Å². The second-order valence-electron chi connectivity index (χ2n) is 4.68. The molecular formula is C14H14BrClFN3. The van der Waals surface area contributed by atoms with Crippen LogP contribution in [0.15, 0.2) is 28.7 Å². The number of benzene rings is 1. The fourth-order valence-electron chi connectivity index (χ4n) is 1.65. The fourth-order valence-corrected chi connectivity index (χ4v) is 2.23. The first-order chi connectivity index (χ1) is 9.45. The maximum atomic E-state index is 13.2. The average molecular weight is 359 g/mol. The van der Waals surface area contributed by atoms with E-state index in [0.29, 0.717) is 23.3 Å². The van der Waals surface area contributed by atoms with Crippen molar-refractivity contribution in [2.24, 2.45) is 0 Å². The van der Waals surface area contributed by atoms with Gasteiger partial charge < -0.3 is 5.32 Å². The lowest BCUT2D eigenvalue weighted by Crippen LogP contribution is -2.06. The van der Waals surface area contributed by atoms with Crippen LogP contribution in [0.1, 0.15) is 31.2 Å². The highest BCUT2D eigenvalue weighted by Gasteiger charge is 2.08. The second-order valence-corrected chi connectivity index (χ2v) is 5.92. The van der Waals surface area contributed by atoms with Crippen molar-refractivity contribution in [3.63, 3.8) is 0 Å². The van der Waals surface area contributed by atoms with Crippen LogP contribution in [0.3, 0.4) is 0 Å². The van der Waals surface area contributed by atoms with E-state index in [4.69, 9.17) is 11.6 Å². The number of rotatable bonds is 4. The highest BCUT2D eigenvalue weighted by atomic mass is 79.9. The number of hydrogen-bond donors (Lipinski definition) is 1. The molecule has 0 fully saturated rings. The van der Waals surface area contributed by atoms with Crippen molar-refractivity contribution < 1.29 is 4.39 Å². The number of hydrogen-bond acceptors (Lipinski definition) is 3. The number of nitrogens with zero attached hydrogens (tertiary/aromatic N) is 2. The summed E-state index contributed by atoms with van der Waals surface area (Å²) in [6, 6.07) is 6.22. The van der Waals surface area contributed by atoms with Crippen LogP contribution in [0.2, 0.25) is 5.15 Å². The highest BCUT2D eigenvalue weighted by Crippen LogP contribution is 2.21. The van der Waals surface area contributed by atoms with Crippen molar-refractivity contribution in [2.45, 2.75) is 26.3 Å². The summed E-state index contributed by atoms with van der Waals surface area (Å²) in [6.45, 7) is 4.44. The molecule has 20 heavy (non-hydrogen) atoms. The Hall–Kier alpha value is -1.20. The lowest BCUT2D eigenvalue weighted by Gasteiger charge is -2.10. The summed E-state index contributed by atoms with van der Waals surface area (Å²) >= 11 is 9.36. The normalized spacial score (nSPS) is 10.9. The molecule has 0 radical (unpaired) electrons. The van der Waals surface area contributed by atoms with E-state index in [-0.39, 0.29) is 11.7 Å². The number of nitrogens with one attached hydrogen (secondary N) is 1. The molecule has 0 aliphatic rings. The van der Waals surface area contributed by atoms with Crippen LogP contribution < -0.4 is 5.32 Å². The van der Waals surface area contributed by atoms with Gasteiger partial charge in [-0.05, 0) is 23.8 Å². The minimum absolute atomic E-state index is 0.190. The van der Waals surface area contributed by atoms with Gasteiger partial charge in [-0.25, -0.2) is 14.4 Å². The van der Waals surface area contributed by atoms with Crippen molar-refractivity contribution in [3.05, 3.63) is 51.1 Å². The molecule has 0 amide bonds. The minimum Gasteiger partial charge on any atom is -0.366 e. The molecule has 0 bridgehead atoms. The van der Waals surface area contributed by atoms with Gasteiger partial charge in [0.2, 0.25) is 0 Å². The first-order valence-corrected chi connectivity index (χ1v) is 7.35. The third kappa shape index (κ3) is 3.90. The molecule has 1 N–H and O–H groups in total. The molecule has 3 nitrogen and oxygen atoms in total. The molecule has 0 saturated carbocycles. The van der Waals surface area contributed by atoms with Crippen LogP contribution >= 0.6 is 27.5 Å². The molecule has 0 spiro atoms. The van der Waals surface area contributed by atoms with E-state index in [0.717, 1.165) is 10.0 Å². The molecule has 1 aromatic heterocycles. The third-order valence-corrected chi connectivity index (χ3v) is 3.66. The SMILES string of the molecule is CC(C)c1nc(Cl)cc(NCc2cc(F)ccc2Br)n1. The zero-order valence-electron chi connectivity index (χ0n) is 11.1. The third-order valence-electron chi connectivity index (χ3n) is 2.70. The quantitative estimate of drug-likeness (QED) is 0.800. The van der Waals surface area contributed by atoms with Crippen LogP contribution in [0.25, 0.3) is 0 Å². The Morgan fingerprint density at radius 2 is 2.05 bits per heavy atom. The van der Waals surface area contributed by atoms with Crippen molar-refractivity contribution in [2.75, 3.05) is 5.32 Å². The van der Waals surface area contributed by atoms with Gasteiger partial charge in [0.15, 0.2) is 0 Å². The lowest BCUT2D eigenvalue weighted by molar-refractivity contribution is 0.625. The summed E-state index contributed by atoms with van der Waals surface area (Å²) < 4.78 is 14.1. The molecule has 6 heteroatoms. The molecule has 1 aromatic carbocycles. The van der Waals surface area contributed by atoms with Crippen molar-refractivity contribution in [1.82, 2.24) is 9.97 Å². The molecule has 1 heterocycles. The first-order valence-electron chi connectivity index (χ1n) is 6.18. The summed E-state index contributed by atoms with van der Waals surface area (Å²) in [5.74, 6) is 1.23. The standard InChI is InChI=1S/C14H14BrClFN3/c1-8(2)14-19-12(16)6-13(20-14)18-7-9-5-10(17)3-4-11(9)15/h3-6,8H,7H2,1-2H3,(H,18,19,20). The van der Waals surface area contributed by atoms with E-state index < -0.39 is 0 Å². The number of halogens is 3. The first kappa shape index (κ1) is 15.2. The topological polar surface area (TPSA) is 37.8 Å². The Bertz CT molecular complexity index is 619. The average Bonchev–Trinajstić information content (AvgIpc) is 2.39. The van der Waals surface area contributed by atoms with Crippen LogP contribution in [0.4, 0.5) is 10.2 Å². The number of anilines is 1. The predicted octanol–water partition coefficient (Wildman–Crippen LogP) is 4.77. The summed E-state index contributed by atoms with van der Waals surface area (Å²) in [5, 5.41) is 3.53. The Labute approximate surface area is 130 Å². The Balaban J connectivity index is 2.16. The zero-order chi connectivity index (χ0) is 14.7. The fraction of sp³-hybridized carbons (Fsp3) is 0.286. The number of aromatic nitrogens is 2. The summed E-state index contributed by atoms with van der Waals surface area (Å²) in [6.07, 6.45) is 0. The van der Waals surface area contributed by atoms with Gasteiger partial charge in [-0.2, -0.15) is 0 Å². The van der Waals surface area contributed by atoms with Crippen molar-refractivity contribution >= 4 is 33.3 Å². The Kier molecular flexibility index (Phi) is 4.94.